The fourth-order valence-corrected chi connectivity index (χ4v) is 5.03. The van der Waals surface area contributed by atoms with Gasteiger partial charge < -0.3 is 0 Å². The van der Waals surface area contributed by atoms with E-state index in [-0.39, 0.29) is 5.56 Å². The van der Waals surface area contributed by atoms with Crippen LogP contribution in [0.4, 0.5) is 0 Å². The maximum atomic E-state index is 13.4. The van der Waals surface area contributed by atoms with Gasteiger partial charge in [-0.25, -0.2) is 4.98 Å². The molecule has 2 aromatic heterocycles. The fraction of sp³-hybridized carbons (Fsp3) is 0.429. The number of aryl methyl sites for hydroxylation is 3. The lowest BCUT2D eigenvalue weighted by molar-refractivity contribution is 0.513. The molecule has 0 atom stereocenters. The first kappa shape index (κ1) is 16.5. The van der Waals surface area contributed by atoms with Crippen molar-refractivity contribution < 1.29 is 0 Å². The van der Waals surface area contributed by atoms with Crippen LogP contribution in [0, 0.1) is 12.8 Å². The normalized spacial score (nSPS) is 14.2. The summed E-state index contributed by atoms with van der Waals surface area (Å²) in [4.78, 5) is 20.7. The first-order chi connectivity index (χ1) is 12.0. The van der Waals surface area contributed by atoms with E-state index >= 15 is 0 Å². The standard InChI is InChI=1S/C21H24N2OS/c1-13(2)12-23-19(15-8-6-7-14(3)11-15)22-20-18(21(23)24)16-9-4-5-10-17(16)25-20/h6-8,11,13H,4-5,9-10,12H2,1-3H3. The number of rotatable bonds is 3. The van der Waals surface area contributed by atoms with Gasteiger partial charge >= 0.3 is 0 Å². The molecule has 0 amide bonds. The van der Waals surface area contributed by atoms with E-state index in [4.69, 9.17) is 4.98 Å². The summed E-state index contributed by atoms with van der Waals surface area (Å²) in [5, 5.41) is 0.886. The number of benzene rings is 1. The van der Waals surface area contributed by atoms with Gasteiger partial charge in [0, 0.05) is 17.0 Å². The third-order valence-corrected chi connectivity index (χ3v) is 6.08. The second kappa shape index (κ2) is 6.41. The van der Waals surface area contributed by atoms with Gasteiger partial charge in [0.15, 0.2) is 0 Å². The van der Waals surface area contributed by atoms with Crippen molar-refractivity contribution in [3.05, 3.63) is 50.6 Å². The smallest absolute Gasteiger partial charge is 0.262 e. The Labute approximate surface area is 152 Å². The first-order valence-electron chi connectivity index (χ1n) is 9.16. The second-order valence-corrected chi connectivity index (χ2v) is 8.59. The van der Waals surface area contributed by atoms with Crippen molar-refractivity contribution in [1.29, 1.82) is 0 Å². The lowest BCUT2D eigenvalue weighted by Gasteiger charge is -2.16. The molecular formula is C21H24N2OS. The van der Waals surface area contributed by atoms with Crippen LogP contribution < -0.4 is 5.56 Å². The highest BCUT2D eigenvalue weighted by Crippen LogP contribution is 2.35. The Balaban J connectivity index is 2.02. The molecule has 1 aliphatic carbocycles. The van der Waals surface area contributed by atoms with E-state index in [9.17, 15) is 4.79 Å². The number of hydrogen-bond acceptors (Lipinski definition) is 3. The van der Waals surface area contributed by atoms with Crippen LogP contribution in [0.1, 0.15) is 42.7 Å². The minimum absolute atomic E-state index is 0.148. The van der Waals surface area contributed by atoms with Crippen LogP contribution >= 0.6 is 11.3 Å². The lowest BCUT2D eigenvalue weighted by Crippen LogP contribution is -2.26. The van der Waals surface area contributed by atoms with Crippen LogP contribution in [0.25, 0.3) is 21.6 Å². The molecule has 1 aromatic carbocycles. The Kier molecular flexibility index (Phi) is 4.24. The van der Waals surface area contributed by atoms with Gasteiger partial charge in [-0.2, -0.15) is 0 Å². The summed E-state index contributed by atoms with van der Waals surface area (Å²) in [5.41, 5.74) is 3.64. The number of nitrogens with zero attached hydrogens (tertiary/aromatic N) is 2. The largest absolute Gasteiger partial charge is 0.292 e. The van der Waals surface area contributed by atoms with Gasteiger partial charge in [-0.3, -0.25) is 9.36 Å². The van der Waals surface area contributed by atoms with Crippen molar-refractivity contribution >= 4 is 21.6 Å². The summed E-state index contributed by atoms with van der Waals surface area (Å²) in [6, 6.07) is 8.31. The molecule has 4 heteroatoms. The molecule has 2 heterocycles. The van der Waals surface area contributed by atoms with Gasteiger partial charge in [0.25, 0.3) is 5.56 Å². The summed E-state index contributed by atoms with van der Waals surface area (Å²) in [6.45, 7) is 7.09. The molecule has 130 valence electrons. The summed E-state index contributed by atoms with van der Waals surface area (Å²) in [7, 11) is 0. The average molecular weight is 353 g/mol. The monoisotopic (exact) mass is 352 g/mol. The zero-order valence-corrected chi connectivity index (χ0v) is 15.9. The number of thiophene rings is 1. The van der Waals surface area contributed by atoms with Crippen molar-refractivity contribution in [1.82, 2.24) is 9.55 Å². The van der Waals surface area contributed by atoms with Crippen molar-refractivity contribution in [3.63, 3.8) is 0 Å². The molecule has 0 unspecified atom stereocenters. The predicted molar refractivity (Wildman–Crippen MR) is 106 cm³/mol. The van der Waals surface area contributed by atoms with Crippen LogP contribution in [0.2, 0.25) is 0 Å². The molecule has 4 rings (SSSR count). The van der Waals surface area contributed by atoms with E-state index < -0.39 is 0 Å². The van der Waals surface area contributed by atoms with Crippen molar-refractivity contribution in [2.75, 3.05) is 0 Å². The van der Waals surface area contributed by atoms with E-state index in [1.165, 1.54) is 28.8 Å². The summed E-state index contributed by atoms with van der Waals surface area (Å²) in [6.07, 6.45) is 4.53. The van der Waals surface area contributed by atoms with Crippen LogP contribution in [0.3, 0.4) is 0 Å². The van der Waals surface area contributed by atoms with E-state index in [1.54, 1.807) is 11.3 Å². The highest BCUT2D eigenvalue weighted by atomic mass is 32.1. The molecule has 3 aromatic rings. The maximum Gasteiger partial charge on any atom is 0.262 e. The Morgan fingerprint density at radius 3 is 2.80 bits per heavy atom. The Bertz CT molecular complexity index is 997. The lowest BCUT2D eigenvalue weighted by atomic mass is 9.97. The Morgan fingerprint density at radius 2 is 2.04 bits per heavy atom. The summed E-state index contributed by atoms with van der Waals surface area (Å²) in [5.74, 6) is 1.21. The average Bonchev–Trinajstić information content (AvgIpc) is 2.95. The van der Waals surface area contributed by atoms with E-state index in [2.05, 4.69) is 39.0 Å². The first-order valence-corrected chi connectivity index (χ1v) is 9.98. The van der Waals surface area contributed by atoms with Gasteiger partial charge in [0.1, 0.15) is 10.7 Å². The van der Waals surface area contributed by atoms with E-state index in [1.807, 2.05) is 10.6 Å². The molecule has 0 fully saturated rings. The zero-order chi connectivity index (χ0) is 17.6. The molecular weight excluding hydrogens is 328 g/mol. The summed E-state index contributed by atoms with van der Waals surface area (Å²) < 4.78 is 1.91. The highest BCUT2D eigenvalue weighted by Gasteiger charge is 2.22. The van der Waals surface area contributed by atoms with E-state index in [0.29, 0.717) is 12.5 Å². The van der Waals surface area contributed by atoms with Crippen molar-refractivity contribution in [2.45, 2.75) is 53.0 Å². The molecule has 0 bridgehead atoms. The second-order valence-electron chi connectivity index (χ2n) is 7.51. The number of aromatic nitrogens is 2. The van der Waals surface area contributed by atoms with Crippen molar-refractivity contribution in [3.8, 4) is 11.4 Å². The number of fused-ring (bicyclic) bond motifs is 3. The third kappa shape index (κ3) is 2.93. The molecule has 3 nitrogen and oxygen atoms in total. The van der Waals surface area contributed by atoms with Crippen LogP contribution in [-0.2, 0) is 19.4 Å². The summed E-state index contributed by atoms with van der Waals surface area (Å²) >= 11 is 1.73. The molecule has 25 heavy (non-hydrogen) atoms. The maximum absolute atomic E-state index is 13.4. The number of hydrogen-bond donors (Lipinski definition) is 0. The molecule has 0 radical (unpaired) electrons. The minimum atomic E-state index is 0.148. The minimum Gasteiger partial charge on any atom is -0.292 e. The van der Waals surface area contributed by atoms with Gasteiger partial charge in [-0.1, -0.05) is 37.6 Å². The van der Waals surface area contributed by atoms with Gasteiger partial charge in [-0.15, -0.1) is 11.3 Å². The molecule has 1 aliphatic rings. The van der Waals surface area contributed by atoms with Crippen LogP contribution in [0.15, 0.2) is 29.1 Å². The highest BCUT2D eigenvalue weighted by molar-refractivity contribution is 7.18. The fourth-order valence-electron chi connectivity index (χ4n) is 3.78. The quantitative estimate of drug-likeness (QED) is 0.667. The molecule has 0 N–H and O–H groups in total. The topological polar surface area (TPSA) is 34.9 Å². The molecule has 0 spiro atoms. The Hall–Kier alpha value is -1.94. The van der Waals surface area contributed by atoms with Crippen LogP contribution in [0.5, 0.6) is 0 Å². The van der Waals surface area contributed by atoms with E-state index in [0.717, 1.165) is 34.4 Å². The molecule has 0 saturated heterocycles. The zero-order valence-electron chi connectivity index (χ0n) is 15.1. The van der Waals surface area contributed by atoms with Crippen molar-refractivity contribution in [2.24, 2.45) is 5.92 Å². The van der Waals surface area contributed by atoms with Crippen LogP contribution in [-0.4, -0.2) is 9.55 Å². The molecule has 0 saturated carbocycles. The molecule has 0 aliphatic heterocycles. The third-order valence-electron chi connectivity index (χ3n) is 4.90. The van der Waals surface area contributed by atoms with Gasteiger partial charge in [-0.05, 0) is 50.2 Å². The Morgan fingerprint density at radius 1 is 1.24 bits per heavy atom. The van der Waals surface area contributed by atoms with Gasteiger partial charge in [0.2, 0.25) is 0 Å². The van der Waals surface area contributed by atoms with Gasteiger partial charge in [0.05, 0.1) is 5.39 Å². The predicted octanol–water partition coefficient (Wildman–Crippen LogP) is 4.97. The SMILES string of the molecule is Cc1cccc(-c2nc3sc4c(c3c(=O)n2CC(C)C)CCCC4)c1.